The first-order valence-electron chi connectivity index (χ1n) is 8.88. The summed E-state index contributed by atoms with van der Waals surface area (Å²) in [5.74, 6) is -0.921. The van der Waals surface area contributed by atoms with Crippen molar-refractivity contribution in [2.75, 3.05) is 26.8 Å². The van der Waals surface area contributed by atoms with E-state index in [0.717, 1.165) is 12.0 Å². The fourth-order valence-electron chi connectivity index (χ4n) is 3.61. The maximum atomic E-state index is 13.2. The molecule has 138 valence electrons. The van der Waals surface area contributed by atoms with Gasteiger partial charge in [0.25, 0.3) is 0 Å². The van der Waals surface area contributed by atoms with Gasteiger partial charge in [-0.15, -0.1) is 0 Å². The summed E-state index contributed by atoms with van der Waals surface area (Å²) in [4.78, 5) is 26.7. The van der Waals surface area contributed by atoms with E-state index in [2.05, 4.69) is 6.92 Å². The summed E-state index contributed by atoms with van der Waals surface area (Å²) in [6.07, 6.45) is 2.16. The van der Waals surface area contributed by atoms with Crippen LogP contribution >= 0.6 is 0 Å². The van der Waals surface area contributed by atoms with Crippen molar-refractivity contribution in [3.8, 4) is 0 Å². The third-order valence-electron chi connectivity index (χ3n) is 5.36. The molecule has 1 aromatic rings. The Kier molecular flexibility index (Phi) is 5.88. The van der Waals surface area contributed by atoms with Crippen molar-refractivity contribution in [2.24, 2.45) is 5.41 Å². The van der Waals surface area contributed by atoms with Gasteiger partial charge in [0, 0.05) is 20.2 Å². The van der Waals surface area contributed by atoms with E-state index < -0.39 is 16.8 Å². The molecule has 5 nitrogen and oxygen atoms in total. The molecular weight excluding hydrogens is 318 g/mol. The molecule has 1 amide bonds. The van der Waals surface area contributed by atoms with Crippen molar-refractivity contribution in [2.45, 2.75) is 45.4 Å². The molecule has 0 saturated carbocycles. The highest BCUT2D eigenvalue weighted by molar-refractivity contribution is 5.88. The minimum atomic E-state index is -1.01. The Labute approximate surface area is 150 Å². The Morgan fingerprint density at radius 2 is 1.92 bits per heavy atom. The van der Waals surface area contributed by atoms with Crippen molar-refractivity contribution in [3.63, 3.8) is 0 Å². The van der Waals surface area contributed by atoms with Crippen molar-refractivity contribution < 1.29 is 19.4 Å². The molecule has 1 saturated heterocycles. The van der Waals surface area contributed by atoms with E-state index in [9.17, 15) is 14.7 Å². The first kappa shape index (κ1) is 19.4. The first-order valence-corrected chi connectivity index (χ1v) is 8.88. The highest BCUT2D eigenvalue weighted by Gasteiger charge is 2.46. The number of amides is 1. The second-order valence-corrected chi connectivity index (χ2v) is 7.52. The summed E-state index contributed by atoms with van der Waals surface area (Å²) in [5.41, 5.74) is 0.481. The van der Waals surface area contributed by atoms with Crippen LogP contribution in [0.25, 0.3) is 0 Å². The number of ether oxygens (including phenoxy) is 1. The Morgan fingerprint density at radius 3 is 2.44 bits per heavy atom. The third kappa shape index (κ3) is 3.87. The number of piperidine rings is 1. The predicted octanol–water partition coefficient (Wildman–Crippen LogP) is 2.87. The van der Waals surface area contributed by atoms with Crippen LogP contribution in [0.2, 0.25) is 0 Å². The molecular formula is C20H29NO4. The second kappa shape index (κ2) is 7.56. The van der Waals surface area contributed by atoms with Gasteiger partial charge in [0.05, 0.1) is 12.0 Å². The molecule has 1 aliphatic rings. The van der Waals surface area contributed by atoms with Crippen LogP contribution in [0.5, 0.6) is 0 Å². The van der Waals surface area contributed by atoms with Crippen molar-refractivity contribution in [1.29, 1.82) is 0 Å². The van der Waals surface area contributed by atoms with Gasteiger partial charge < -0.3 is 14.7 Å². The molecule has 0 aromatic heterocycles. The number of likely N-dealkylation sites (tertiary alicyclic amines) is 1. The largest absolute Gasteiger partial charge is 0.481 e. The summed E-state index contributed by atoms with van der Waals surface area (Å²) < 4.78 is 5.15. The molecule has 1 aliphatic heterocycles. The molecule has 1 N–H and O–H groups in total. The van der Waals surface area contributed by atoms with Crippen LogP contribution in [0.15, 0.2) is 24.3 Å². The Hall–Kier alpha value is -1.88. The van der Waals surface area contributed by atoms with Gasteiger partial charge in [0.15, 0.2) is 0 Å². The summed E-state index contributed by atoms with van der Waals surface area (Å²) >= 11 is 0. The molecule has 0 aliphatic carbocycles. The number of aliphatic carboxylic acids is 1. The third-order valence-corrected chi connectivity index (χ3v) is 5.36. The SMILES string of the molecule is CCc1ccc(C(C)(C)C(=O)N2CCCC(COC)(C(=O)O)C2)cc1. The molecule has 1 aromatic carbocycles. The topological polar surface area (TPSA) is 66.8 Å². The quantitative estimate of drug-likeness (QED) is 0.859. The van der Waals surface area contributed by atoms with Crippen LogP contribution in [0.1, 0.15) is 44.7 Å². The number of hydrogen-bond donors (Lipinski definition) is 1. The Morgan fingerprint density at radius 1 is 1.28 bits per heavy atom. The second-order valence-electron chi connectivity index (χ2n) is 7.52. The van der Waals surface area contributed by atoms with E-state index in [-0.39, 0.29) is 19.1 Å². The fourth-order valence-corrected chi connectivity index (χ4v) is 3.61. The van der Waals surface area contributed by atoms with E-state index in [1.807, 2.05) is 38.1 Å². The van der Waals surface area contributed by atoms with Gasteiger partial charge in [-0.05, 0) is 44.2 Å². The van der Waals surface area contributed by atoms with Crippen LogP contribution in [0.4, 0.5) is 0 Å². The predicted molar refractivity (Wildman–Crippen MR) is 96.6 cm³/mol. The van der Waals surface area contributed by atoms with Gasteiger partial charge in [-0.25, -0.2) is 0 Å². The van der Waals surface area contributed by atoms with E-state index in [0.29, 0.717) is 19.4 Å². The maximum absolute atomic E-state index is 13.2. The van der Waals surface area contributed by atoms with Crippen LogP contribution in [0, 0.1) is 5.41 Å². The van der Waals surface area contributed by atoms with Gasteiger partial charge in [-0.2, -0.15) is 0 Å². The zero-order chi connectivity index (χ0) is 18.7. The van der Waals surface area contributed by atoms with Crippen molar-refractivity contribution in [3.05, 3.63) is 35.4 Å². The standard InChI is InChI=1S/C20H29NO4/c1-5-15-7-9-16(10-8-15)19(2,3)17(22)21-12-6-11-20(13-21,14-25-4)18(23)24/h7-10H,5-6,11-14H2,1-4H3,(H,23,24). The highest BCUT2D eigenvalue weighted by Crippen LogP contribution is 2.34. The molecule has 0 radical (unpaired) electrons. The molecule has 1 atom stereocenters. The minimum Gasteiger partial charge on any atom is -0.481 e. The number of hydrogen-bond acceptors (Lipinski definition) is 3. The molecule has 0 bridgehead atoms. The molecule has 1 heterocycles. The zero-order valence-electron chi connectivity index (χ0n) is 15.7. The molecule has 25 heavy (non-hydrogen) atoms. The van der Waals surface area contributed by atoms with Crippen LogP contribution in [-0.2, 0) is 26.2 Å². The van der Waals surface area contributed by atoms with Crippen LogP contribution in [0.3, 0.4) is 0 Å². The lowest BCUT2D eigenvalue weighted by Crippen LogP contribution is -2.55. The van der Waals surface area contributed by atoms with E-state index in [1.165, 1.54) is 12.7 Å². The summed E-state index contributed by atoms with van der Waals surface area (Å²) in [5, 5.41) is 9.68. The van der Waals surface area contributed by atoms with E-state index >= 15 is 0 Å². The number of aryl methyl sites for hydroxylation is 1. The van der Waals surface area contributed by atoms with Crippen molar-refractivity contribution >= 4 is 11.9 Å². The number of carboxylic acids is 1. The first-order chi connectivity index (χ1) is 11.8. The van der Waals surface area contributed by atoms with Crippen molar-refractivity contribution in [1.82, 2.24) is 4.90 Å². The summed E-state index contributed by atoms with van der Waals surface area (Å²) in [7, 11) is 1.50. The number of carbonyl (C=O) groups excluding carboxylic acids is 1. The molecule has 0 spiro atoms. The smallest absolute Gasteiger partial charge is 0.313 e. The number of nitrogens with zero attached hydrogens (tertiary/aromatic N) is 1. The normalized spacial score (nSPS) is 21.2. The summed E-state index contributed by atoms with van der Waals surface area (Å²) in [6.45, 7) is 6.82. The lowest BCUT2D eigenvalue weighted by molar-refractivity contribution is -0.160. The number of rotatable bonds is 6. The minimum absolute atomic E-state index is 0.0295. The molecule has 5 heteroatoms. The number of carbonyl (C=O) groups is 2. The van der Waals surface area contributed by atoms with Gasteiger partial charge in [0.1, 0.15) is 5.41 Å². The maximum Gasteiger partial charge on any atom is 0.313 e. The Bertz CT molecular complexity index is 619. The van der Waals surface area contributed by atoms with Gasteiger partial charge in [-0.1, -0.05) is 31.2 Å². The summed E-state index contributed by atoms with van der Waals surface area (Å²) in [6, 6.07) is 8.10. The average molecular weight is 347 g/mol. The highest BCUT2D eigenvalue weighted by atomic mass is 16.5. The molecule has 1 fully saturated rings. The average Bonchev–Trinajstić information content (AvgIpc) is 2.61. The fraction of sp³-hybridized carbons (Fsp3) is 0.600. The van der Waals surface area contributed by atoms with Gasteiger partial charge in [0.2, 0.25) is 5.91 Å². The lowest BCUT2D eigenvalue weighted by Gasteiger charge is -2.42. The van der Waals surface area contributed by atoms with E-state index in [4.69, 9.17) is 4.74 Å². The monoisotopic (exact) mass is 347 g/mol. The zero-order valence-corrected chi connectivity index (χ0v) is 15.7. The number of carboxylic acid groups (broad SMARTS) is 1. The lowest BCUT2D eigenvalue weighted by atomic mass is 9.78. The number of benzene rings is 1. The Balaban J connectivity index is 2.23. The number of methoxy groups -OCH3 is 1. The van der Waals surface area contributed by atoms with Gasteiger partial charge >= 0.3 is 5.97 Å². The van der Waals surface area contributed by atoms with Gasteiger partial charge in [-0.3, -0.25) is 9.59 Å². The van der Waals surface area contributed by atoms with Crippen LogP contribution in [-0.4, -0.2) is 48.7 Å². The van der Waals surface area contributed by atoms with Crippen LogP contribution < -0.4 is 0 Å². The van der Waals surface area contributed by atoms with E-state index in [1.54, 1.807) is 4.90 Å². The molecule has 1 unspecified atom stereocenters. The molecule has 2 rings (SSSR count).